The van der Waals surface area contributed by atoms with Gasteiger partial charge in [-0.1, -0.05) is 18.2 Å². The molecule has 1 aliphatic rings. The first-order valence-electron chi connectivity index (χ1n) is 8.10. The van der Waals surface area contributed by atoms with E-state index in [1.54, 1.807) is 0 Å². The molecule has 1 unspecified atom stereocenters. The van der Waals surface area contributed by atoms with Gasteiger partial charge in [-0.2, -0.15) is 5.10 Å². The molecule has 0 radical (unpaired) electrons. The molecule has 2 heterocycles. The molecule has 1 aromatic heterocycles. The van der Waals surface area contributed by atoms with Gasteiger partial charge in [-0.3, -0.25) is 0 Å². The lowest BCUT2D eigenvalue weighted by Gasteiger charge is -2.40. The van der Waals surface area contributed by atoms with Crippen LogP contribution in [-0.2, 0) is 4.74 Å². The molecule has 1 saturated heterocycles. The van der Waals surface area contributed by atoms with Crippen LogP contribution in [-0.4, -0.2) is 41.3 Å². The molecule has 1 atom stereocenters. The number of aliphatic hydroxyl groups excluding tert-OH is 1. The van der Waals surface area contributed by atoms with Crippen molar-refractivity contribution in [3.8, 4) is 5.69 Å². The summed E-state index contributed by atoms with van der Waals surface area (Å²) in [4.78, 5) is 0. The molecule has 0 bridgehead atoms. The average molecular weight is 315 g/mol. The van der Waals surface area contributed by atoms with Gasteiger partial charge in [0.1, 0.15) is 0 Å². The standard InChI is InChI=1S/C18H25N3O2/c1-13(19-9-18(10-22)11-23-12-18)17-14(2)20-21(15(17)3)16-7-5-4-6-8-16/h4-8,13,19,22H,9-12H2,1-3H3. The third-order valence-electron chi connectivity index (χ3n) is 4.72. The van der Waals surface area contributed by atoms with Crippen LogP contribution in [0.1, 0.15) is 29.9 Å². The predicted molar refractivity (Wildman–Crippen MR) is 89.8 cm³/mol. The van der Waals surface area contributed by atoms with Crippen molar-refractivity contribution >= 4 is 0 Å². The largest absolute Gasteiger partial charge is 0.396 e. The molecule has 2 N–H and O–H groups in total. The Balaban J connectivity index is 1.78. The van der Waals surface area contributed by atoms with Crippen LogP contribution in [0.3, 0.4) is 0 Å². The van der Waals surface area contributed by atoms with E-state index in [0.29, 0.717) is 13.2 Å². The number of ether oxygens (including phenoxy) is 1. The van der Waals surface area contributed by atoms with E-state index in [0.717, 1.165) is 23.6 Å². The molecule has 124 valence electrons. The average Bonchev–Trinajstić information content (AvgIpc) is 2.82. The zero-order valence-corrected chi connectivity index (χ0v) is 14.0. The first-order chi connectivity index (χ1) is 11.1. The second-order valence-electron chi connectivity index (χ2n) is 6.59. The van der Waals surface area contributed by atoms with Gasteiger partial charge >= 0.3 is 0 Å². The Labute approximate surface area is 137 Å². The third kappa shape index (κ3) is 3.04. The lowest BCUT2D eigenvalue weighted by molar-refractivity contribution is -0.135. The Hall–Kier alpha value is -1.69. The maximum atomic E-state index is 9.55. The van der Waals surface area contributed by atoms with Gasteiger partial charge in [0.2, 0.25) is 0 Å². The molecule has 0 amide bonds. The lowest BCUT2D eigenvalue weighted by Crippen LogP contribution is -2.52. The number of para-hydroxylation sites is 1. The van der Waals surface area contributed by atoms with Gasteiger partial charge in [-0.05, 0) is 32.9 Å². The fourth-order valence-electron chi connectivity index (χ4n) is 3.21. The normalized spacial score (nSPS) is 17.7. The van der Waals surface area contributed by atoms with Crippen LogP contribution >= 0.6 is 0 Å². The SMILES string of the molecule is Cc1nn(-c2ccccc2)c(C)c1C(C)NCC1(CO)COC1. The fourth-order valence-corrected chi connectivity index (χ4v) is 3.21. The van der Waals surface area contributed by atoms with Crippen molar-refractivity contribution in [2.24, 2.45) is 5.41 Å². The van der Waals surface area contributed by atoms with Crippen LogP contribution < -0.4 is 5.32 Å². The van der Waals surface area contributed by atoms with Gasteiger partial charge in [-0.25, -0.2) is 4.68 Å². The molecular formula is C18H25N3O2. The van der Waals surface area contributed by atoms with Crippen LogP contribution in [0.2, 0.25) is 0 Å². The molecule has 0 aliphatic carbocycles. The second-order valence-corrected chi connectivity index (χ2v) is 6.59. The van der Waals surface area contributed by atoms with Gasteiger partial charge in [-0.15, -0.1) is 0 Å². The number of hydrogen-bond acceptors (Lipinski definition) is 4. The molecule has 5 nitrogen and oxygen atoms in total. The van der Waals surface area contributed by atoms with Crippen molar-refractivity contribution in [3.05, 3.63) is 47.3 Å². The predicted octanol–water partition coefficient (Wildman–Crippen LogP) is 2.15. The maximum absolute atomic E-state index is 9.55. The van der Waals surface area contributed by atoms with E-state index < -0.39 is 0 Å². The van der Waals surface area contributed by atoms with Gasteiger partial charge in [0, 0.05) is 23.8 Å². The van der Waals surface area contributed by atoms with Crippen molar-refractivity contribution in [1.29, 1.82) is 0 Å². The number of aromatic nitrogens is 2. The number of rotatable bonds is 6. The Morgan fingerprint density at radius 2 is 2.00 bits per heavy atom. The summed E-state index contributed by atoms with van der Waals surface area (Å²) in [5.74, 6) is 0. The highest BCUT2D eigenvalue weighted by atomic mass is 16.5. The molecule has 1 aromatic carbocycles. The minimum Gasteiger partial charge on any atom is -0.396 e. The van der Waals surface area contributed by atoms with Crippen molar-refractivity contribution in [1.82, 2.24) is 15.1 Å². The number of nitrogens with zero attached hydrogens (tertiary/aromatic N) is 2. The third-order valence-corrected chi connectivity index (χ3v) is 4.72. The van der Waals surface area contributed by atoms with Crippen LogP contribution in [0, 0.1) is 19.3 Å². The van der Waals surface area contributed by atoms with Crippen molar-refractivity contribution in [2.75, 3.05) is 26.4 Å². The highest BCUT2D eigenvalue weighted by Crippen LogP contribution is 2.28. The Morgan fingerprint density at radius 1 is 1.30 bits per heavy atom. The summed E-state index contributed by atoms with van der Waals surface area (Å²) in [6, 6.07) is 10.4. The summed E-state index contributed by atoms with van der Waals surface area (Å²) in [6.45, 7) is 8.48. The quantitative estimate of drug-likeness (QED) is 0.857. The maximum Gasteiger partial charge on any atom is 0.0648 e. The van der Waals surface area contributed by atoms with Crippen molar-refractivity contribution < 1.29 is 9.84 Å². The summed E-state index contributed by atoms with van der Waals surface area (Å²) >= 11 is 0. The van der Waals surface area contributed by atoms with E-state index in [1.807, 2.05) is 29.8 Å². The first-order valence-corrected chi connectivity index (χ1v) is 8.10. The molecule has 3 rings (SSSR count). The van der Waals surface area contributed by atoms with E-state index in [4.69, 9.17) is 9.84 Å². The highest BCUT2D eigenvalue weighted by Gasteiger charge is 2.38. The topological polar surface area (TPSA) is 59.3 Å². The van der Waals surface area contributed by atoms with Crippen LogP contribution in [0.4, 0.5) is 0 Å². The summed E-state index contributed by atoms with van der Waals surface area (Å²) in [5, 5.41) is 17.8. The van der Waals surface area contributed by atoms with Gasteiger partial charge in [0.05, 0.1) is 36.6 Å². The number of benzene rings is 1. The first kappa shape index (κ1) is 16.2. The van der Waals surface area contributed by atoms with Gasteiger partial charge in [0.15, 0.2) is 0 Å². The van der Waals surface area contributed by atoms with Crippen LogP contribution in [0.15, 0.2) is 30.3 Å². The Morgan fingerprint density at radius 3 is 2.57 bits per heavy atom. The van der Waals surface area contributed by atoms with Crippen molar-refractivity contribution in [3.63, 3.8) is 0 Å². The second kappa shape index (κ2) is 6.43. The zero-order chi connectivity index (χ0) is 16.4. The summed E-state index contributed by atoms with van der Waals surface area (Å²) < 4.78 is 7.26. The smallest absolute Gasteiger partial charge is 0.0648 e. The minimum absolute atomic E-state index is 0.120. The molecular weight excluding hydrogens is 290 g/mol. The van der Waals surface area contributed by atoms with E-state index >= 15 is 0 Å². The molecule has 1 aliphatic heterocycles. The number of hydrogen-bond donors (Lipinski definition) is 2. The van der Waals surface area contributed by atoms with E-state index in [-0.39, 0.29) is 18.1 Å². The van der Waals surface area contributed by atoms with Crippen LogP contribution in [0.5, 0.6) is 0 Å². The molecule has 0 spiro atoms. The molecule has 0 saturated carbocycles. The Kier molecular flexibility index (Phi) is 4.53. The van der Waals surface area contributed by atoms with Crippen LogP contribution in [0.25, 0.3) is 5.69 Å². The van der Waals surface area contributed by atoms with E-state index in [9.17, 15) is 5.11 Å². The molecule has 5 heteroatoms. The molecule has 1 fully saturated rings. The van der Waals surface area contributed by atoms with E-state index in [2.05, 4.69) is 31.3 Å². The zero-order valence-electron chi connectivity index (χ0n) is 14.0. The summed E-state index contributed by atoms with van der Waals surface area (Å²) in [6.07, 6.45) is 0. The van der Waals surface area contributed by atoms with Gasteiger partial charge < -0.3 is 15.2 Å². The number of nitrogens with one attached hydrogen (secondary N) is 1. The fraction of sp³-hybridized carbons (Fsp3) is 0.500. The minimum atomic E-state index is -0.120. The van der Waals surface area contributed by atoms with E-state index in [1.165, 1.54) is 5.56 Å². The lowest BCUT2D eigenvalue weighted by atomic mass is 9.86. The summed E-state index contributed by atoms with van der Waals surface area (Å²) in [5.41, 5.74) is 4.37. The molecule has 2 aromatic rings. The van der Waals surface area contributed by atoms with Gasteiger partial charge in [0.25, 0.3) is 0 Å². The number of aryl methyl sites for hydroxylation is 1. The number of aliphatic hydroxyl groups is 1. The van der Waals surface area contributed by atoms with Crippen molar-refractivity contribution in [2.45, 2.75) is 26.8 Å². The monoisotopic (exact) mass is 315 g/mol. The summed E-state index contributed by atoms with van der Waals surface area (Å²) in [7, 11) is 0. The highest BCUT2D eigenvalue weighted by molar-refractivity contribution is 5.38. The Bertz CT molecular complexity index is 657. The molecule has 23 heavy (non-hydrogen) atoms.